The maximum Gasteiger partial charge on any atom is 0.231 e. The molecule has 0 fully saturated rings. The fraction of sp³-hybridized carbons (Fsp3) is 0.143. The van der Waals surface area contributed by atoms with Crippen LogP contribution in [0.4, 0.5) is 0 Å². The summed E-state index contributed by atoms with van der Waals surface area (Å²) in [4.78, 5) is 12.4. The van der Waals surface area contributed by atoms with Crippen LogP contribution in [0.2, 0.25) is 0 Å². The molecule has 0 atom stereocenters. The van der Waals surface area contributed by atoms with Crippen molar-refractivity contribution in [1.82, 2.24) is 20.1 Å². The third-order valence-electron chi connectivity index (χ3n) is 2.94. The lowest BCUT2D eigenvalue weighted by molar-refractivity contribution is 0.385. The standard InChI is InChI=1S/C14H13N5O/c15-8-11-4-2-1-3-10(11)7-13-18-14(19-20-13)12-9-16-5-6-17-12/h1-6,9H,7-8,15H2. The summed E-state index contributed by atoms with van der Waals surface area (Å²) in [7, 11) is 0. The van der Waals surface area contributed by atoms with Crippen LogP contribution in [0.3, 0.4) is 0 Å². The van der Waals surface area contributed by atoms with Crippen LogP contribution in [0, 0.1) is 0 Å². The average Bonchev–Trinajstić information content (AvgIpc) is 2.97. The summed E-state index contributed by atoms with van der Waals surface area (Å²) in [5.74, 6) is 0.977. The Kier molecular flexibility index (Phi) is 3.47. The van der Waals surface area contributed by atoms with Crippen molar-refractivity contribution in [2.24, 2.45) is 5.73 Å². The van der Waals surface area contributed by atoms with Crippen molar-refractivity contribution < 1.29 is 4.52 Å². The number of aromatic nitrogens is 4. The number of nitrogens with two attached hydrogens (primary N) is 1. The zero-order valence-electron chi connectivity index (χ0n) is 10.7. The maximum absolute atomic E-state index is 5.72. The van der Waals surface area contributed by atoms with Crippen LogP contribution in [0.25, 0.3) is 11.5 Å². The number of benzene rings is 1. The van der Waals surface area contributed by atoms with E-state index in [9.17, 15) is 0 Å². The molecule has 1 aromatic carbocycles. The first-order chi connectivity index (χ1) is 9.86. The lowest BCUT2D eigenvalue weighted by atomic mass is 10.0. The molecule has 0 saturated heterocycles. The minimum atomic E-state index is 0.443. The molecular formula is C14H13N5O. The Balaban J connectivity index is 1.84. The average molecular weight is 267 g/mol. The second-order valence-corrected chi connectivity index (χ2v) is 4.25. The minimum Gasteiger partial charge on any atom is -0.339 e. The third-order valence-corrected chi connectivity index (χ3v) is 2.94. The van der Waals surface area contributed by atoms with Gasteiger partial charge in [0.25, 0.3) is 0 Å². The molecule has 0 saturated carbocycles. The Morgan fingerprint density at radius 1 is 1.10 bits per heavy atom. The van der Waals surface area contributed by atoms with E-state index in [0.29, 0.717) is 30.4 Å². The van der Waals surface area contributed by atoms with E-state index in [1.807, 2.05) is 24.3 Å². The van der Waals surface area contributed by atoms with Crippen molar-refractivity contribution in [3.05, 3.63) is 59.9 Å². The summed E-state index contributed by atoms with van der Waals surface area (Å²) >= 11 is 0. The summed E-state index contributed by atoms with van der Waals surface area (Å²) in [6.07, 6.45) is 5.35. The summed E-state index contributed by atoms with van der Waals surface area (Å²) in [6, 6.07) is 7.93. The molecule has 0 aliphatic carbocycles. The molecule has 0 amide bonds. The van der Waals surface area contributed by atoms with E-state index < -0.39 is 0 Å². The van der Waals surface area contributed by atoms with Gasteiger partial charge in [-0.3, -0.25) is 4.98 Å². The molecule has 100 valence electrons. The van der Waals surface area contributed by atoms with Crippen molar-refractivity contribution in [1.29, 1.82) is 0 Å². The normalized spacial score (nSPS) is 10.7. The van der Waals surface area contributed by atoms with Crippen LogP contribution in [-0.2, 0) is 13.0 Å². The van der Waals surface area contributed by atoms with Gasteiger partial charge in [0.05, 0.1) is 12.6 Å². The summed E-state index contributed by atoms with van der Waals surface area (Å²) in [5.41, 5.74) is 8.47. The van der Waals surface area contributed by atoms with E-state index in [1.165, 1.54) is 0 Å². The fourth-order valence-electron chi connectivity index (χ4n) is 1.94. The third kappa shape index (κ3) is 2.55. The van der Waals surface area contributed by atoms with E-state index in [1.54, 1.807) is 18.6 Å². The van der Waals surface area contributed by atoms with Gasteiger partial charge in [0, 0.05) is 18.9 Å². The van der Waals surface area contributed by atoms with Crippen molar-refractivity contribution in [3.63, 3.8) is 0 Å². The highest BCUT2D eigenvalue weighted by Gasteiger charge is 2.11. The number of nitrogens with zero attached hydrogens (tertiary/aromatic N) is 4. The summed E-state index contributed by atoms with van der Waals surface area (Å²) < 4.78 is 5.25. The van der Waals surface area contributed by atoms with Crippen molar-refractivity contribution >= 4 is 0 Å². The Morgan fingerprint density at radius 3 is 2.70 bits per heavy atom. The van der Waals surface area contributed by atoms with Crippen LogP contribution >= 0.6 is 0 Å². The molecule has 3 aromatic rings. The first kappa shape index (κ1) is 12.4. The van der Waals surface area contributed by atoms with Crippen LogP contribution < -0.4 is 5.73 Å². The SMILES string of the molecule is NCc1ccccc1Cc1nc(-c2cnccn2)no1. The van der Waals surface area contributed by atoms with E-state index in [2.05, 4.69) is 20.1 Å². The minimum absolute atomic E-state index is 0.443. The molecule has 0 unspecified atom stereocenters. The van der Waals surface area contributed by atoms with E-state index in [-0.39, 0.29) is 0 Å². The first-order valence-corrected chi connectivity index (χ1v) is 6.22. The monoisotopic (exact) mass is 267 g/mol. The molecular weight excluding hydrogens is 254 g/mol. The Morgan fingerprint density at radius 2 is 1.95 bits per heavy atom. The van der Waals surface area contributed by atoms with Gasteiger partial charge in [0.15, 0.2) is 0 Å². The van der Waals surface area contributed by atoms with Crippen LogP contribution in [0.5, 0.6) is 0 Å². The summed E-state index contributed by atoms with van der Waals surface area (Å²) in [5, 5.41) is 3.92. The van der Waals surface area contributed by atoms with Gasteiger partial charge in [0.1, 0.15) is 5.69 Å². The highest BCUT2D eigenvalue weighted by atomic mass is 16.5. The largest absolute Gasteiger partial charge is 0.339 e. The van der Waals surface area contributed by atoms with Gasteiger partial charge in [-0.15, -0.1) is 0 Å². The van der Waals surface area contributed by atoms with Crippen molar-refractivity contribution in [2.45, 2.75) is 13.0 Å². The predicted octanol–water partition coefficient (Wildman–Crippen LogP) is 1.58. The lowest BCUT2D eigenvalue weighted by Gasteiger charge is -2.03. The van der Waals surface area contributed by atoms with E-state index in [0.717, 1.165) is 11.1 Å². The molecule has 0 spiro atoms. The maximum atomic E-state index is 5.72. The van der Waals surface area contributed by atoms with Crippen LogP contribution in [0.15, 0.2) is 47.4 Å². The second kappa shape index (κ2) is 5.58. The second-order valence-electron chi connectivity index (χ2n) is 4.25. The zero-order valence-corrected chi connectivity index (χ0v) is 10.7. The molecule has 2 heterocycles. The highest BCUT2D eigenvalue weighted by molar-refractivity contribution is 5.45. The Bertz CT molecular complexity index is 696. The molecule has 20 heavy (non-hydrogen) atoms. The molecule has 0 aliphatic heterocycles. The van der Waals surface area contributed by atoms with Crippen LogP contribution in [-0.4, -0.2) is 20.1 Å². The highest BCUT2D eigenvalue weighted by Crippen LogP contribution is 2.16. The number of hydrogen-bond acceptors (Lipinski definition) is 6. The molecule has 2 N–H and O–H groups in total. The van der Waals surface area contributed by atoms with Gasteiger partial charge in [-0.1, -0.05) is 29.4 Å². The summed E-state index contributed by atoms with van der Waals surface area (Å²) in [6.45, 7) is 0.487. The van der Waals surface area contributed by atoms with Crippen molar-refractivity contribution in [2.75, 3.05) is 0 Å². The first-order valence-electron chi connectivity index (χ1n) is 6.22. The molecule has 3 rings (SSSR count). The number of hydrogen-bond donors (Lipinski definition) is 1. The Hall–Kier alpha value is -2.60. The van der Waals surface area contributed by atoms with Crippen molar-refractivity contribution in [3.8, 4) is 11.5 Å². The molecule has 2 aromatic heterocycles. The van der Waals surface area contributed by atoms with Gasteiger partial charge in [-0.05, 0) is 11.1 Å². The van der Waals surface area contributed by atoms with E-state index in [4.69, 9.17) is 10.3 Å². The topological polar surface area (TPSA) is 90.7 Å². The van der Waals surface area contributed by atoms with Gasteiger partial charge >= 0.3 is 0 Å². The van der Waals surface area contributed by atoms with Gasteiger partial charge in [0.2, 0.25) is 11.7 Å². The van der Waals surface area contributed by atoms with E-state index >= 15 is 0 Å². The zero-order chi connectivity index (χ0) is 13.8. The smallest absolute Gasteiger partial charge is 0.231 e. The number of rotatable bonds is 4. The molecule has 6 nitrogen and oxygen atoms in total. The Labute approximate surface area is 115 Å². The van der Waals surface area contributed by atoms with Gasteiger partial charge < -0.3 is 10.3 Å². The molecule has 0 bridgehead atoms. The van der Waals surface area contributed by atoms with Gasteiger partial charge in [-0.25, -0.2) is 4.98 Å². The van der Waals surface area contributed by atoms with Gasteiger partial charge in [-0.2, -0.15) is 4.98 Å². The molecule has 0 aliphatic rings. The quantitative estimate of drug-likeness (QED) is 0.771. The fourth-order valence-corrected chi connectivity index (χ4v) is 1.94. The predicted molar refractivity (Wildman–Crippen MR) is 72.5 cm³/mol. The molecule has 6 heteroatoms. The van der Waals surface area contributed by atoms with Crippen LogP contribution in [0.1, 0.15) is 17.0 Å². The lowest BCUT2D eigenvalue weighted by Crippen LogP contribution is -2.02. The molecule has 0 radical (unpaired) electrons.